The molecule has 0 saturated heterocycles. The van der Waals surface area contributed by atoms with Gasteiger partial charge in [-0.1, -0.05) is 169 Å². The molecule has 61 heavy (non-hydrogen) atoms. The van der Waals surface area contributed by atoms with Gasteiger partial charge in [-0.25, -0.2) is 4.57 Å². The van der Waals surface area contributed by atoms with Gasteiger partial charge in [0.25, 0.3) is 0 Å². The summed E-state index contributed by atoms with van der Waals surface area (Å²) in [6.07, 6.45) is 60.2. The van der Waals surface area contributed by atoms with Crippen molar-refractivity contribution in [3.05, 3.63) is 97.2 Å². The van der Waals surface area contributed by atoms with Crippen LogP contribution in [0.25, 0.3) is 0 Å². The Balaban J connectivity index is 4.19. The summed E-state index contributed by atoms with van der Waals surface area (Å²) in [5, 5.41) is 0. The van der Waals surface area contributed by atoms with Crippen LogP contribution in [0.5, 0.6) is 0 Å². The molecule has 0 saturated carbocycles. The summed E-state index contributed by atoms with van der Waals surface area (Å²) in [5.41, 5.74) is 0. The molecule has 9 heteroatoms. The first kappa shape index (κ1) is 58.4. The van der Waals surface area contributed by atoms with Crippen LogP contribution >= 0.6 is 7.82 Å². The largest absolute Gasteiger partial charge is 0.472 e. The van der Waals surface area contributed by atoms with Crippen molar-refractivity contribution in [1.82, 2.24) is 0 Å². The number of carbonyl (C=O) groups is 1. The third-order valence-electron chi connectivity index (χ3n) is 9.61. The standard InChI is InChI=1S/C52H90NO7P/c1-6-8-10-12-14-16-18-20-21-22-23-24-25-26-27-28-29-30-31-32-34-36-38-40-42-44-47-57-49-51(50-59-61(55,56)58-48-46-53(3,4)5)60-52(54)45-43-41-39-37-35-33-19-17-15-13-11-9-7-2/h8,10-11,13-14,16-17,19-21,23-24,26-27,29-30,51H,6-7,9,12,15,18,22,25,28,31-50H2,1-5H3/p+1/b10-8-,13-11-,16-14-,19-17-,21-20-,24-23-,27-26-,30-29-. The van der Waals surface area contributed by atoms with Crippen molar-refractivity contribution in [3.8, 4) is 0 Å². The van der Waals surface area contributed by atoms with E-state index in [-0.39, 0.29) is 25.8 Å². The summed E-state index contributed by atoms with van der Waals surface area (Å²) in [7, 11) is 1.63. The Hall–Kier alpha value is -2.58. The number of ether oxygens (including phenoxy) is 2. The first-order chi connectivity index (χ1) is 29.6. The first-order valence-electron chi connectivity index (χ1n) is 24.0. The molecule has 0 aromatic carbocycles. The van der Waals surface area contributed by atoms with Crippen LogP contribution in [0.1, 0.15) is 168 Å². The van der Waals surface area contributed by atoms with Crippen molar-refractivity contribution in [2.45, 2.75) is 174 Å². The van der Waals surface area contributed by atoms with Crippen molar-refractivity contribution in [1.29, 1.82) is 0 Å². The lowest BCUT2D eigenvalue weighted by atomic mass is 10.1. The maximum absolute atomic E-state index is 12.7. The summed E-state index contributed by atoms with van der Waals surface area (Å²) >= 11 is 0. The molecule has 350 valence electrons. The second-order valence-electron chi connectivity index (χ2n) is 16.8. The molecule has 0 fully saturated rings. The molecule has 0 aliphatic carbocycles. The molecule has 0 heterocycles. The van der Waals surface area contributed by atoms with Crippen LogP contribution in [0.2, 0.25) is 0 Å². The topological polar surface area (TPSA) is 91.3 Å². The van der Waals surface area contributed by atoms with E-state index in [1.807, 2.05) is 21.1 Å². The van der Waals surface area contributed by atoms with Gasteiger partial charge in [0.15, 0.2) is 0 Å². The number of phosphoric ester groups is 1. The molecule has 0 aliphatic heterocycles. The average molecular weight is 873 g/mol. The van der Waals surface area contributed by atoms with Gasteiger partial charge in [0.2, 0.25) is 0 Å². The average Bonchev–Trinajstić information content (AvgIpc) is 3.22. The fourth-order valence-electron chi connectivity index (χ4n) is 5.95. The predicted octanol–water partition coefficient (Wildman–Crippen LogP) is 14.6. The number of hydrogen-bond acceptors (Lipinski definition) is 6. The SMILES string of the molecule is CC/C=C\C/C=C\C/C=C\C/C=C\C/C=C\C/C=C\CCCCCCCCCOCC(COP(=O)(O)OCC[N+](C)(C)C)OC(=O)CCCCCCC/C=C\C/C=C\CCC. The minimum atomic E-state index is -4.29. The summed E-state index contributed by atoms with van der Waals surface area (Å²) in [5.74, 6) is -0.337. The Bertz CT molecular complexity index is 1290. The van der Waals surface area contributed by atoms with E-state index in [1.165, 1.54) is 32.1 Å². The van der Waals surface area contributed by atoms with E-state index in [1.54, 1.807) is 0 Å². The summed E-state index contributed by atoms with van der Waals surface area (Å²) < 4.78 is 35.0. The summed E-state index contributed by atoms with van der Waals surface area (Å²) in [6, 6.07) is 0. The number of carbonyl (C=O) groups excluding carboxylic acids is 1. The van der Waals surface area contributed by atoms with Gasteiger partial charge >= 0.3 is 13.8 Å². The van der Waals surface area contributed by atoms with E-state index in [0.717, 1.165) is 116 Å². The van der Waals surface area contributed by atoms with Crippen molar-refractivity contribution in [2.24, 2.45) is 0 Å². The minimum absolute atomic E-state index is 0.0778. The molecule has 0 rings (SSSR count). The second kappa shape index (κ2) is 44.0. The van der Waals surface area contributed by atoms with Gasteiger partial charge < -0.3 is 18.9 Å². The summed E-state index contributed by atoms with van der Waals surface area (Å²) in [4.78, 5) is 22.9. The number of quaternary nitrogens is 1. The lowest BCUT2D eigenvalue weighted by Crippen LogP contribution is -2.37. The van der Waals surface area contributed by atoms with Gasteiger partial charge in [-0.05, 0) is 89.9 Å². The third-order valence-corrected chi connectivity index (χ3v) is 10.6. The number of unbranched alkanes of at least 4 members (excludes halogenated alkanes) is 13. The molecule has 2 atom stereocenters. The molecule has 0 aliphatic rings. The molecule has 2 unspecified atom stereocenters. The Kier molecular flexibility index (Phi) is 42.2. The Morgan fingerprint density at radius 3 is 1.43 bits per heavy atom. The molecular formula is C52H91NO7P+. The van der Waals surface area contributed by atoms with E-state index in [2.05, 4.69) is 111 Å². The lowest BCUT2D eigenvalue weighted by molar-refractivity contribution is -0.870. The Morgan fingerprint density at radius 2 is 0.951 bits per heavy atom. The van der Waals surface area contributed by atoms with Gasteiger partial charge in [-0.2, -0.15) is 0 Å². The molecule has 0 aromatic rings. The number of nitrogens with zero attached hydrogens (tertiary/aromatic N) is 1. The maximum atomic E-state index is 12.7. The van der Waals surface area contributed by atoms with E-state index < -0.39 is 13.9 Å². The van der Waals surface area contributed by atoms with Gasteiger partial charge in [-0.3, -0.25) is 13.8 Å². The van der Waals surface area contributed by atoms with Gasteiger partial charge in [0.05, 0.1) is 34.4 Å². The summed E-state index contributed by atoms with van der Waals surface area (Å²) in [6.45, 7) is 5.37. The highest BCUT2D eigenvalue weighted by atomic mass is 31.2. The highest BCUT2D eigenvalue weighted by molar-refractivity contribution is 7.47. The second-order valence-corrected chi connectivity index (χ2v) is 18.2. The molecule has 0 aromatic heterocycles. The van der Waals surface area contributed by atoms with Crippen LogP contribution in [0.3, 0.4) is 0 Å². The van der Waals surface area contributed by atoms with Crippen molar-refractivity contribution in [2.75, 3.05) is 54.1 Å². The molecule has 0 spiro atoms. The van der Waals surface area contributed by atoms with Gasteiger partial charge in [0.1, 0.15) is 19.3 Å². The van der Waals surface area contributed by atoms with Crippen LogP contribution in [0, 0.1) is 0 Å². The van der Waals surface area contributed by atoms with Crippen molar-refractivity contribution in [3.63, 3.8) is 0 Å². The lowest BCUT2D eigenvalue weighted by Gasteiger charge is -2.24. The van der Waals surface area contributed by atoms with Gasteiger partial charge in [-0.15, -0.1) is 0 Å². The first-order valence-corrected chi connectivity index (χ1v) is 25.5. The molecule has 0 radical (unpaired) electrons. The van der Waals surface area contributed by atoms with E-state index in [9.17, 15) is 14.3 Å². The zero-order valence-corrected chi connectivity index (χ0v) is 40.5. The van der Waals surface area contributed by atoms with E-state index >= 15 is 0 Å². The fourth-order valence-corrected chi connectivity index (χ4v) is 6.69. The van der Waals surface area contributed by atoms with Crippen molar-refractivity contribution < 1.29 is 37.3 Å². The molecule has 0 bridgehead atoms. The minimum Gasteiger partial charge on any atom is -0.457 e. The zero-order chi connectivity index (χ0) is 44.8. The number of hydrogen-bond donors (Lipinski definition) is 1. The maximum Gasteiger partial charge on any atom is 0.472 e. The monoisotopic (exact) mass is 873 g/mol. The number of rotatable bonds is 43. The molecule has 8 nitrogen and oxygen atoms in total. The van der Waals surface area contributed by atoms with Crippen molar-refractivity contribution >= 4 is 13.8 Å². The van der Waals surface area contributed by atoms with Crippen LogP contribution in [-0.2, 0) is 27.9 Å². The highest BCUT2D eigenvalue weighted by Crippen LogP contribution is 2.43. The Labute approximate surface area is 375 Å². The zero-order valence-electron chi connectivity index (χ0n) is 39.6. The van der Waals surface area contributed by atoms with E-state index in [0.29, 0.717) is 24.1 Å². The van der Waals surface area contributed by atoms with Crippen LogP contribution < -0.4 is 0 Å². The quantitative estimate of drug-likeness (QED) is 0.0214. The smallest absolute Gasteiger partial charge is 0.457 e. The molecule has 1 N–H and O–H groups in total. The number of phosphoric acid groups is 1. The number of esters is 1. The number of allylic oxidation sites excluding steroid dienone is 16. The van der Waals surface area contributed by atoms with Crippen LogP contribution in [0.4, 0.5) is 0 Å². The van der Waals surface area contributed by atoms with E-state index in [4.69, 9.17) is 18.5 Å². The molecular weight excluding hydrogens is 782 g/mol. The fraction of sp³-hybridized carbons (Fsp3) is 0.673. The molecule has 0 amide bonds. The third kappa shape index (κ3) is 48.3. The normalized spacial score (nSPS) is 14.5. The number of likely N-dealkylation sites (N-methyl/N-ethyl adjacent to an activating group) is 1. The van der Waals surface area contributed by atoms with Crippen LogP contribution in [-0.4, -0.2) is 75.6 Å². The highest BCUT2D eigenvalue weighted by Gasteiger charge is 2.26. The predicted molar refractivity (Wildman–Crippen MR) is 261 cm³/mol. The van der Waals surface area contributed by atoms with Crippen LogP contribution in [0.15, 0.2) is 97.2 Å². The van der Waals surface area contributed by atoms with Gasteiger partial charge in [0, 0.05) is 13.0 Å². The Morgan fingerprint density at radius 1 is 0.525 bits per heavy atom.